The summed E-state index contributed by atoms with van der Waals surface area (Å²) in [5, 5.41) is 0. The van der Waals surface area contributed by atoms with Crippen LogP contribution in [-0.2, 0) is 23.7 Å². The minimum Gasteiger partial charge on any atom is -0.471 e. The van der Waals surface area contributed by atoms with Crippen LogP contribution in [0.25, 0.3) is 0 Å². The number of ether oxygens (including phenoxy) is 4. The molecule has 21 heavy (non-hydrogen) atoms. The second kappa shape index (κ2) is 5.71. The van der Waals surface area contributed by atoms with Crippen LogP contribution in [0.2, 0.25) is 0 Å². The standard InChI is InChI=1S/C16H24O5/c1-15-7-5-14(19-11-18-2)12(10-17)13(15)4-3-6-16(15)20-8-9-21-16/h10,13H,3-9,11H2,1-2H3/t13?,15-/m1/s1. The summed E-state index contributed by atoms with van der Waals surface area (Å²) < 4.78 is 22.7. The largest absolute Gasteiger partial charge is 0.471 e. The lowest BCUT2D eigenvalue weighted by Gasteiger charge is -2.54. The Morgan fingerprint density at radius 2 is 2.10 bits per heavy atom. The van der Waals surface area contributed by atoms with Gasteiger partial charge < -0.3 is 18.9 Å². The summed E-state index contributed by atoms with van der Waals surface area (Å²) in [6, 6.07) is 0. The first-order chi connectivity index (χ1) is 10.2. The summed E-state index contributed by atoms with van der Waals surface area (Å²) in [5.74, 6) is 0.406. The molecule has 1 unspecified atom stereocenters. The predicted molar refractivity (Wildman–Crippen MR) is 75.4 cm³/mol. The fourth-order valence-electron chi connectivity index (χ4n) is 4.35. The topological polar surface area (TPSA) is 54.0 Å². The van der Waals surface area contributed by atoms with Gasteiger partial charge in [-0.15, -0.1) is 0 Å². The van der Waals surface area contributed by atoms with Crippen molar-refractivity contribution in [2.24, 2.45) is 11.3 Å². The zero-order valence-corrected chi connectivity index (χ0v) is 12.9. The molecule has 5 heteroatoms. The molecular weight excluding hydrogens is 272 g/mol. The van der Waals surface area contributed by atoms with E-state index in [9.17, 15) is 4.79 Å². The number of hydrogen-bond acceptors (Lipinski definition) is 5. The second-order valence-electron chi connectivity index (χ2n) is 6.36. The van der Waals surface area contributed by atoms with E-state index in [4.69, 9.17) is 18.9 Å². The summed E-state index contributed by atoms with van der Waals surface area (Å²) in [6.45, 7) is 3.69. The number of carbonyl (C=O) groups excluding carboxylic acids is 1. The highest BCUT2D eigenvalue weighted by atomic mass is 16.7. The molecular formula is C16H24O5. The van der Waals surface area contributed by atoms with Crippen LogP contribution in [-0.4, -0.2) is 39.2 Å². The van der Waals surface area contributed by atoms with Crippen LogP contribution in [0.3, 0.4) is 0 Å². The Labute approximate surface area is 125 Å². The van der Waals surface area contributed by atoms with Crippen molar-refractivity contribution in [3.8, 4) is 0 Å². The van der Waals surface area contributed by atoms with Gasteiger partial charge in [-0.2, -0.15) is 0 Å². The van der Waals surface area contributed by atoms with Gasteiger partial charge in [-0.05, 0) is 19.3 Å². The van der Waals surface area contributed by atoms with Crippen LogP contribution in [0.15, 0.2) is 11.3 Å². The van der Waals surface area contributed by atoms with Crippen molar-refractivity contribution in [1.82, 2.24) is 0 Å². The Hall–Kier alpha value is -0.910. The van der Waals surface area contributed by atoms with Gasteiger partial charge in [-0.25, -0.2) is 0 Å². The molecule has 2 atom stereocenters. The van der Waals surface area contributed by atoms with Crippen molar-refractivity contribution in [3.05, 3.63) is 11.3 Å². The molecule has 0 radical (unpaired) electrons. The zero-order valence-electron chi connectivity index (χ0n) is 12.9. The zero-order chi connectivity index (χ0) is 14.9. The molecule has 2 fully saturated rings. The van der Waals surface area contributed by atoms with E-state index in [1.165, 1.54) is 0 Å². The fraction of sp³-hybridized carbons (Fsp3) is 0.812. The number of fused-ring (bicyclic) bond motifs is 2. The van der Waals surface area contributed by atoms with Crippen molar-refractivity contribution in [2.75, 3.05) is 27.1 Å². The van der Waals surface area contributed by atoms with Gasteiger partial charge >= 0.3 is 0 Å². The SMILES string of the molecule is COCOC1=C(C=O)C2CCCC3(OCCO3)[C@]2(C)CC1. The van der Waals surface area contributed by atoms with Gasteiger partial charge in [0.15, 0.2) is 12.6 Å². The van der Waals surface area contributed by atoms with Crippen LogP contribution in [0.4, 0.5) is 0 Å². The molecule has 1 spiro atoms. The number of methoxy groups -OCH3 is 1. The second-order valence-corrected chi connectivity index (χ2v) is 6.36. The van der Waals surface area contributed by atoms with Gasteiger partial charge in [-0.3, -0.25) is 4.79 Å². The van der Waals surface area contributed by atoms with Crippen molar-refractivity contribution < 1.29 is 23.7 Å². The lowest BCUT2D eigenvalue weighted by molar-refractivity contribution is -0.268. The van der Waals surface area contributed by atoms with E-state index in [1.807, 2.05) is 0 Å². The van der Waals surface area contributed by atoms with Gasteiger partial charge in [0.1, 0.15) is 12.0 Å². The van der Waals surface area contributed by atoms with Crippen LogP contribution in [0, 0.1) is 11.3 Å². The maximum Gasteiger partial charge on any atom is 0.188 e. The molecule has 0 bridgehead atoms. The van der Waals surface area contributed by atoms with Crippen LogP contribution in [0.5, 0.6) is 0 Å². The summed E-state index contributed by atoms with van der Waals surface area (Å²) in [5.41, 5.74) is 0.622. The van der Waals surface area contributed by atoms with Gasteiger partial charge in [-0.1, -0.05) is 6.92 Å². The fourth-order valence-corrected chi connectivity index (χ4v) is 4.35. The van der Waals surface area contributed by atoms with Crippen molar-refractivity contribution in [3.63, 3.8) is 0 Å². The molecule has 3 rings (SSSR count). The molecule has 0 aromatic carbocycles. The summed E-state index contributed by atoms with van der Waals surface area (Å²) in [7, 11) is 1.59. The minimum absolute atomic E-state index is 0.141. The molecule has 1 saturated heterocycles. The van der Waals surface area contributed by atoms with Gasteiger partial charge in [0.25, 0.3) is 0 Å². The van der Waals surface area contributed by atoms with E-state index in [0.717, 1.165) is 49.7 Å². The van der Waals surface area contributed by atoms with E-state index in [2.05, 4.69) is 6.92 Å². The van der Waals surface area contributed by atoms with Crippen molar-refractivity contribution in [2.45, 2.75) is 44.8 Å². The van der Waals surface area contributed by atoms with E-state index in [1.54, 1.807) is 7.11 Å². The predicted octanol–water partition coefficient (Wildman–Crippen LogP) is 2.40. The maximum absolute atomic E-state index is 11.7. The first-order valence-corrected chi connectivity index (χ1v) is 7.75. The molecule has 2 aliphatic carbocycles. The number of rotatable bonds is 4. The first-order valence-electron chi connectivity index (χ1n) is 7.75. The molecule has 1 saturated carbocycles. The molecule has 0 amide bonds. The third-order valence-electron chi connectivity index (χ3n) is 5.44. The van der Waals surface area contributed by atoms with Crippen LogP contribution in [0.1, 0.15) is 39.0 Å². The quantitative estimate of drug-likeness (QED) is 0.589. The van der Waals surface area contributed by atoms with E-state index >= 15 is 0 Å². The third kappa shape index (κ3) is 2.22. The van der Waals surface area contributed by atoms with Crippen LogP contribution < -0.4 is 0 Å². The summed E-state index contributed by atoms with van der Waals surface area (Å²) in [6.07, 6.45) is 5.52. The highest BCUT2D eigenvalue weighted by Crippen LogP contribution is 2.59. The van der Waals surface area contributed by atoms with Gasteiger partial charge in [0.2, 0.25) is 0 Å². The molecule has 0 N–H and O–H groups in total. The smallest absolute Gasteiger partial charge is 0.188 e. The Morgan fingerprint density at radius 1 is 1.33 bits per heavy atom. The Morgan fingerprint density at radius 3 is 2.76 bits per heavy atom. The molecule has 0 aromatic rings. The van der Waals surface area contributed by atoms with Crippen LogP contribution >= 0.6 is 0 Å². The van der Waals surface area contributed by atoms with Crippen molar-refractivity contribution >= 4 is 6.29 Å². The molecule has 5 nitrogen and oxygen atoms in total. The minimum atomic E-state index is -0.517. The number of aldehydes is 1. The molecule has 0 aromatic heterocycles. The van der Waals surface area contributed by atoms with E-state index in [0.29, 0.717) is 13.2 Å². The Bertz CT molecular complexity index is 438. The molecule has 1 heterocycles. The summed E-state index contributed by atoms with van der Waals surface area (Å²) in [4.78, 5) is 11.7. The van der Waals surface area contributed by atoms with Gasteiger partial charge in [0, 0.05) is 36.9 Å². The normalized spacial score (nSPS) is 34.9. The monoisotopic (exact) mass is 296 g/mol. The summed E-state index contributed by atoms with van der Waals surface area (Å²) >= 11 is 0. The average Bonchev–Trinajstić information content (AvgIpc) is 2.96. The lowest BCUT2D eigenvalue weighted by atomic mass is 9.56. The molecule has 1 aliphatic heterocycles. The maximum atomic E-state index is 11.7. The van der Waals surface area contributed by atoms with E-state index in [-0.39, 0.29) is 18.1 Å². The number of carbonyl (C=O) groups is 1. The molecule has 118 valence electrons. The lowest BCUT2D eigenvalue weighted by Crippen LogP contribution is -2.56. The van der Waals surface area contributed by atoms with Crippen molar-refractivity contribution in [1.29, 1.82) is 0 Å². The third-order valence-corrected chi connectivity index (χ3v) is 5.44. The molecule has 3 aliphatic rings. The van der Waals surface area contributed by atoms with Gasteiger partial charge in [0.05, 0.1) is 13.2 Å². The highest BCUT2D eigenvalue weighted by molar-refractivity contribution is 5.75. The Kier molecular flexibility index (Phi) is 4.08. The first kappa shape index (κ1) is 15.0. The average molecular weight is 296 g/mol. The van der Waals surface area contributed by atoms with E-state index < -0.39 is 5.79 Å². The Balaban J connectivity index is 1.94. The number of hydrogen-bond donors (Lipinski definition) is 0. The number of allylic oxidation sites excluding steroid dienone is 2. The highest BCUT2D eigenvalue weighted by Gasteiger charge is 2.60.